The zero-order valence-electron chi connectivity index (χ0n) is 9.66. The third-order valence-electron chi connectivity index (χ3n) is 2.43. The lowest BCUT2D eigenvalue weighted by Gasteiger charge is -2.10. The fraction of sp³-hybridized carbons (Fsp3) is 0.250. The van der Waals surface area contributed by atoms with Crippen LogP contribution in [0.5, 0.6) is 5.75 Å². The van der Waals surface area contributed by atoms with Crippen LogP contribution in [0.1, 0.15) is 11.3 Å². The van der Waals surface area contributed by atoms with E-state index in [1.54, 1.807) is 18.4 Å². The first-order chi connectivity index (χ1) is 8.15. The van der Waals surface area contributed by atoms with Crippen LogP contribution in [0.15, 0.2) is 17.5 Å². The molecule has 0 amide bonds. The number of nitrogens with two attached hydrogens (primary N) is 1. The summed E-state index contributed by atoms with van der Waals surface area (Å²) in [5.74, 6) is 0.812. The molecule has 5 heteroatoms. The summed E-state index contributed by atoms with van der Waals surface area (Å²) in [6.45, 7) is 2.41. The van der Waals surface area contributed by atoms with Gasteiger partial charge in [0.25, 0.3) is 0 Å². The Labute approximate surface area is 109 Å². The Morgan fingerprint density at radius 3 is 2.82 bits per heavy atom. The predicted molar refractivity (Wildman–Crippen MR) is 71.7 cm³/mol. The Kier molecular flexibility index (Phi) is 3.66. The van der Waals surface area contributed by atoms with Crippen LogP contribution in [-0.2, 0) is 6.54 Å². The topological polar surface area (TPSA) is 48.1 Å². The number of ether oxygens (including phenoxy) is 1. The lowest BCUT2D eigenvalue weighted by Crippen LogP contribution is -1.96. The summed E-state index contributed by atoms with van der Waals surface area (Å²) in [6, 6.07) is 3.74. The van der Waals surface area contributed by atoms with Crippen LogP contribution in [0.3, 0.4) is 0 Å². The van der Waals surface area contributed by atoms with Gasteiger partial charge < -0.3 is 10.5 Å². The molecule has 2 aromatic rings. The fourth-order valence-electron chi connectivity index (χ4n) is 1.68. The molecule has 0 fully saturated rings. The highest BCUT2D eigenvalue weighted by Gasteiger charge is 2.13. The van der Waals surface area contributed by atoms with E-state index in [1.807, 2.05) is 24.4 Å². The van der Waals surface area contributed by atoms with Gasteiger partial charge in [0.05, 0.1) is 18.4 Å². The van der Waals surface area contributed by atoms with Gasteiger partial charge in [-0.1, -0.05) is 11.6 Å². The molecule has 2 N–H and O–H groups in total. The van der Waals surface area contributed by atoms with Crippen LogP contribution in [0, 0.1) is 6.92 Å². The Hall–Kier alpha value is -1.10. The fourth-order valence-corrected chi connectivity index (χ4v) is 2.80. The Balaban J connectivity index is 2.57. The summed E-state index contributed by atoms with van der Waals surface area (Å²) in [7, 11) is 1.65. The largest absolute Gasteiger partial charge is 0.496 e. The second-order valence-corrected chi connectivity index (χ2v) is 4.95. The Bertz CT molecular complexity index is 539. The van der Waals surface area contributed by atoms with Gasteiger partial charge in [-0.2, -0.15) is 0 Å². The first-order valence-electron chi connectivity index (χ1n) is 5.14. The second kappa shape index (κ2) is 5.04. The average molecular weight is 269 g/mol. The van der Waals surface area contributed by atoms with Crippen LogP contribution in [0.2, 0.25) is 5.02 Å². The number of methoxy groups -OCH3 is 1. The van der Waals surface area contributed by atoms with Crippen molar-refractivity contribution < 1.29 is 4.74 Å². The van der Waals surface area contributed by atoms with Crippen molar-refractivity contribution in [2.45, 2.75) is 13.5 Å². The molecular weight excluding hydrogens is 256 g/mol. The Morgan fingerprint density at radius 2 is 2.24 bits per heavy atom. The van der Waals surface area contributed by atoms with Crippen molar-refractivity contribution in [3.05, 3.63) is 33.8 Å². The van der Waals surface area contributed by atoms with E-state index in [4.69, 9.17) is 22.1 Å². The van der Waals surface area contributed by atoms with Gasteiger partial charge in [-0.3, -0.25) is 0 Å². The number of aromatic nitrogens is 1. The van der Waals surface area contributed by atoms with Gasteiger partial charge in [-0.05, 0) is 24.6 Å². The lowest BCUT2D eigenvalue weighted by molar-refractivity contribution is 0.413. The summed E-state index contributed by atoms with van der Waals surface area (Å²) in [5.41, 5.74) is 8.36. The SMILES string of the molecule is COc1c(C)cc(Cl)cc1-c1nc(CN)cs1. The van der Waals surface area contributed by atoms with E-state index in [2.05, 4.69) is 4.98 Å². The molecular formula is C12H13ClN2OS. The molecule has 0 spiro atoms. The molecule has 1 heterocycles. The number of benzene rings is 1. The van der Waals surface area contributed by atoms with E-state index in [0.717, 1.165) is 27.6 Å². The summed E-state index contributed by atoms with van der Waals surface area (Å²) < 4.78 is 5.41. The number of nitrogens with zero attached hydrogens (tertiary/aromatic N) is 1. The molecule has 0 bridgehead atoms. The monoisotopic (exact) mass is 268 g/mol. The molecule has 0 radical (unpaired) electrons. The van der Waals surface area contributed by atoms with Crippen molar-refractivity contribution in [1.82, 2.24) is 4.98 Å². The van der Waals surface area contributed by atoms with Crippen molar-refractivity contribution in [2.75, 3.05) is 7.11 Å². The summed E-state index contributed by atoms with van der Waals surface area (Å²) in [6.07, 6.45) is 0. The molecule has 0 atom stereocenters. The van der Waals surface area contributed by atoms with E-state index in [0.29, 0.717) is 11.6 Å². The molecule has 1 aromatic heterocycles. The van der Waals surface area contributed by atoms with Crippen molar-refractivity contribution in [3.63, 3.8) is 0 Å². The minimum absolute atomic E-state index is 0.443. The molecule has 3 nitrogen and oxygen atoms in total. The highest BCUT2D eigenvalue weighted by Crippen LogP contribution is 2.37. The van der Waals surface area contributed by atoms with Crippen molar-refractivity contribution >= 4 is 22.9 Å². The maximum atomic E-state index is 6.07. The van der Waals surface area contributed by atoms with Crippen molar-refractivity contribution in [3.8, 4) is 16.3 Å². The standard InChI is InChI=1S/C12H13ClN2OS/c1-7-3-8(13)4-10(11(7)16-2)12-15-9(5-14)6-17-12/h3-4,6H,5,14H2,1-2H3. The van der Waals surface area contributed by atoms with E-state index in [1.165, 1.54) is 0 Å². The van der Waals surface area contributed by atoms with Gasteiger partial charge in [0, 0.05) is 16.9 Å². The third kappa shape index (κ3) is 2.44. The van der Waals surface area contributed by atoms with E-state index >= 15 is 0 Å². The number of aryl methyl sites for hydroxylation is 1. The molecule has 90 valence electrons. The molecule has 0 aliphatic rings. The van der Waals surface area contributed by atoms with Crippen molar-refractivity contribution in [2.24, 2.45) is 5.73 Å². The van der Waals surface area contributed by atoms with Crippen LogP contribution < -0.4 is 10.5 Å². The summed E-state index contributed by atoms with van der Waals surface area (Å²) in [4.78, 5) is 4.44. The predicted octanol–water partition coefficient (Wildman–Crippen LogP) is 3.24. The van der Waals surface area contributed by atoms with E-state index < -0.39 is 0 Å². The number of hydrogen-bond acceptors (Lipinski definition) is 4. The highest BCUT2D eigenvalue weighted by atomic mass is 35.5. The van der Waals surface area contributed by atoms with Crippen LogP contribution in [0.25, 0.3) is 10.6 Å². The van der Waals surface area contributed by atoms with Crippen LogP contribution >= 0.6 is 22.9 Å². The Morgan fingerprint density at radius 1 is 1.47 bits per heavy atom. The molecule has 0 saturated carbocycles. The minimum Gasteiger partial charge on any atom is -0.496 e. The average Bonchev–Trinajstić information content (AvgIpc) is 2.76. The quantitative estimate of drug-likeness (QED) is 0.930. The maximum absolute atomic E-state index is 6.07. The molecule has 0 aliphatic heterocycles. The number of rotatable bonds is 3. The molecule has 2 rings (SSSR count). The molecule has 1 aromatic carbocycles. The van der Waals surface area contributed by atoms with Gasteiger partial charge in [0.1, 0.15) is 10.8 Å². The van der Waals surface area contributed by atoms with Gasteiger partial charge in [-0.15, -0.1) is 11.3 Å². The zero-order chi connectivity index (χ0) is 12.4. The number of halogens is 1. The van der Waals surface area contributed by atoms with Gasteiger partial charge in [-0.25, -0.2) is 4.98 Å². The third-order valence-corrected chi connectivity index (χ3v) is 3.58. The van der Waals surface area contributed by atoms with Gasteiger partial charge >= 0.3 is 0 Å². The van der Waals surface area contributed by atoms with Crippen LogP contribution in [0.4, 0.5) is 0 Å². The number of hydrogen-bond donors (Lipinski definition) is 1. The zero-order valence-corrected chi connectivity index (χ0v) is 11.2. The highest BCUT2D eigenvalue weighted by molar-refractivity contribution is 7.13. The van der Waals surface area contributed by atoms with Gasteiger partial charge in [0.15, 0.2) is 0 Å². The molecule has 0 aliphatic carbocycles. The molecule has 0 unspecified atom stereocenters. The lowest BCUT2D eigenvalue weighted by atomic mass is 10.1. The van der Waals surface area contributed by atoms with E-state index in [9.17, 15) is 0 Å². The normalized spacial score (nSPS) is 10.6. The molecule has 17 heavy (non-hydrogen) atoms. The summed E-state index contributed by atoms with van der Waals surface area (Å²) >= 11 is 7.61. The maximum Gasteiger partial charge on any atom is 0.132 e. The summed E-state index contributed by atoms with van der Waals surface area (Å²) in [5, 5.41) is 3.51. The first-order valence-corrected chi connectivity index (χ1v) is 6.40. The smallest absolute Gasteiger partial charge is 0.132 e. The van der Waals surface area contributed by atoms with E-state index in [-0.39, 0.29) is 0 Å². The first kappa shape index (κ1) is 12.4. The second-order valence-electron chi connectivity index (χ2n) is 3.65. The van der Waals surface area contributed by atoms with Crippen LogP contribution in [-0.4, -0.2) is 12.1 Å². The minimum atomic E-state index is 0.443. The number of thiazole rings is 1. The van der Waals surface area contributed by atoms with Crippen molar-refractivity contribution in [1.29, 1.82) is 0 Å². The van der Waals surface area contributed by atoms with Gasteiger partial charge in [0.2, 0.25) is 0 Å². The molecule has 0 saturated heterocycles.